The van der Waals surface area contributed by atoms with Crippen molar-refractivity contribution in [3.63, 3.8) is 0 Å². The molecule has 3 heterocycles. The maximum Gasteiger partial charge on any atom is 0.143 e. The zero-order valence-electron chi connectivity index (χ0n) is 17.0. The molecule has 150 valence electrons. The zero-order chi connectivity index (χ0) is 20.4. The van der Waals surface area contributed by atoms with Crippen molar-refractivity contribution in [3.05, 3.63) is 59.5 Å². The van der Waals surface area contributed by atoms with Crippen LogP contribution in [0, 0.1) is 0 Å². The van der Waals surface area contributed by atoms with Crippen molar-refractivity contribution in [2.24, 2.45) is 0 Å². The van der Waals surface area contributed by atoms with Crippen LogP contribution in [0.2, 0.25) is 5.02 Å². The average Bonchev–Trinajstić information content (AvgIpc) is 3.35. The second kappa shape index (κ2) is 8.25. The number of halogens is 1. The third-order valence-corrected chi connectivity index (χ3v) is 5.47. The Bertz CT molecular complexity index is 1110. The van der Waals surface area contributed by atoms with Gasteiger partial charge in [-0.15, -0.1) is 0 Å². The second-order valence-corrected chi connectivity index (χ2v) is 7.28. The number of hydrogen-bond donors (Lipinski definition) is 0. The van der Waals surface area contributed by atoms with Crippen LogP contribution in [-0.4, -0.2) is 37.4 Å². The van der Waals surface area contributed by atoms with Gasteiger partial charge in [-0.25, -0.2) is 9.97 Å². The summed E-state index contributed by atoms with van der Waals surface area (Å²) < 4.78 is 4.10. The topological polar surface area (TPSA) is 51.8 Å². The van der Waals surface area contributed by atoms with Crippen molar-refractivity contribution in [1.29, 1.82) is 0 Å². The number of pyridine rings is 1. The number of nitrogens with zero attached hydrogens (tertiary/aromatic N) is 6. The van der Waals surface area contributed by atoms with Crippen LogP contribution >= 0.6 is 11.6 Å². The molecular formula is C22H25ClN6. The van der Waals surface area contributed by atoms with Crippen LogP contribution in [0.1, 0.15) is 26.5 Å². The molecule has 0 radical (unpaired) electrons. The fourth-order valence-electron chi connectivity index (χ4n) is 3.57. The molecule has 1 aromatic carbocycles. The van der Waals surface area contributed by atoms with Crippen LogP contribution in [0.15, 0.2) is 48.8 Å². The number of rotatable bonds is 7. The number of anilines is 1. The fourth-order valence-corrected chi connectivity index (χ4v) is 3.78. The van der Waals surface area contributed by atoms with Gasteiger partial charge in [0.05, 0.1) is 22.8 Å². The largest absolute Gasteiger partial charge is 0.357 e. The van der Waals surface area contributed by atoms with E-state index in [-0.39, 0.29) is 0 Å². The molecule has 4 rings (SSSR count). The monoisotopic (exact) mass is 408 g/mol. The minimum Gasteiger partial charge on any atom is -0.357 e. The Morgan fingerprint density at radius 3 is 2.52 bits per heavy atom. The van der Waals surface area contributed by atoms with Gasteiger partial charge in [0, 0.05) is 37.6 Å². The predicted octanol–water partition coefficient (Wildman–Crippen LogP) is 4.86. The number of aryl methyl sites for hydroxylation is 1. The Kier molecular flexibility index (Phi) is 5.53. The summed E-state index contributed by atoms with van der Waals surface area (Å²) in [6, 6.07) is 12.1. The first-order valence-electron chi connectivity index (χ1n) is 10.0. The van der Waals surface area contributed by atoms with Crippen LogP contribution in [-0.2, 0) is 13.1 Å². The maximum atomic E-state index is 6.45. The van der Waals surface area contributed by atoms with Gasteiger partial charge in [0.2, 0.25) is 0 Å². The van der Waals surface area contributed by atoms with E-state index in [2.05, 4.69) is 52.5 Å². The lowest BCUT2D eigenvalue weighted by Crippen LogP contribution is -2.22. The summed E-state index contributed by atoms with van der Waals surface area (Å²) in [7, 11) is 0. The number of fused-ring (bicyclic) bond motifs is 1. The first kappa shape index (κ1) is 19.5. The molecule has 0 spiro atoms. The lowest BCUT2D eigenvalue weighted by atomic mass is 10.2. The number of benzene rings is 1. The Balaban J connectivity index is 1.79. The van der Waals surface area contributed by atoms with Crippen LogP contribution in [0.25, 0.3) is 22.4 Å². The molecule has 7 heteroatoms. The van der Waals surface area contributed by atoms with E-state index in [1.54, 1.807) is 0 Å². The minimum atomic E-state index is 0.622. The molecule has 29 heavy (non-hydrogen) atoms. The highest BCUT2D eigenvalue weighted by Crippen LogP contribution is 2.30. The summed E-state index contributed by atoms with van der Waals surface area (Å²) in [4.78, 5) is 11.8. The Morgan fingerprint density at radius 1 is 1.03 bits per heavy atom. The third-order valence-electron chi connectivity index (χ3n) is 5.16. The molecule has 0 N–H and O–H groups in total. The van der Waals surface area contributed by atoms with E-state index < -0.39 is 0 Å². The smallest absolute Gasteiger partial charge is 0.143 e. The van der Waals surface area contributed by atoms with Crippen molar-refractivity contribution >= 4 is 28.5 Å². The Labute approximate surface area is 175 Å². The summed E-state index contributed by atoms with van der Waals surface area (Å²) in [5.41, 5.74) is 3.74. The molecule has 0 aliphatic heterocycles. The molecule has 0 fully saturated rings. The van der Waals surface area contributed by atoms with Gasteiger partial charge in [-0.3, -0.25) is 4.68 Å². The van der Waals surface area contributed by atoms with Gasteiger partial charge in [0.1, 0.15) is 17.2 Å². The van der Waals surface area contributed by atoms with Crippen molar-refractivity contribution < 1.29 is 0 Å². The zero-order valence-corrected chi connectivity index (χ0v) is 17.8. The molecule has 0 aliphatic carbocycles. The predicted molar refractivity (Wildman–Crippen MR) is 119 cm³/mol. The minimum absolute atomic E-state index is 0.622. The van der Waals surface area contributed by atoms with Gasteiger partial charge < -0.3 is 9.47 Å². The van der Waals surface area contributed by atoms with Crippen LogP contribution in [0.3, 0.4) is 0 Å². The molecule has 6 nitrogen and oxygen atoms in total. The summed E-state index contributed by atoms with van der Waals surface area (Å²) >= 11 is 6.45. The van der Waals surface area contributed by atoms with Crippen molar-refractivity contribution in [2.75, 3.05) is 18.0 Å². The Morgan fingerprint density at radius 2 is 1.86 bits per heavy atom. The standard InChI is InChI=1S/C22H25ClN6/c1-4-27(5-2)20-11-10-16(14-24-20)22-25-21-18(23)8-7-9-19(21)29(22)15-17-12-13-28(6-3)26-17/h7-14H,4-6,15H2,1-3H3. The normalized spacial score (nSPS) is 11.3. The third kappa shape index (κ3) is 3.72. The van der Waals surface area contributed by atoms with E-state index in [4.69, 9.17) is 16.6 Å². The van der Waals surface area contributed by atoms with E-state index in [0.717, 1.165) is 53.6 Å². The summed E-state index contributed by atoms with van der Waals surface area (Å²) in [6.45, 7) is 9.68. The van der Waals surface area contributed by atoms with Crippen LogP contribution in [0.4, 0.5) is 5.82 Å². The van der Waals surface area contributed by atoms with Crippen LogP contribution in [0.5, 0.6) is 0 Å². The lowest BCUT2D eigenvalue weighted by Gasteiger charge is -2.19. The Hall–Kier alpha value is -2.86. The van der Waals surface area contributed by atoms with Gasteiger partial charge in [-0.1, -0.05) is 17.7 Å². The second-order valence-electron chi connectivity index (χ2n) is 6.87. The van der Waals surface area contributed by atoms with Gasteiger partial charge in [0.15, 0.2) is 0 Å². The average molecular weight is 409 g/mol. The first-order chi connectivity index (χ1) is 14.1. The van der Waals surface area contributed by atoms with E-state index in [9.17, 15) is 0 Å². The molecular weight excluding hydrogens is 384 g/mol. The molecule has 0 unspecified atom stereocenters. The van der Waals surface area contributed by atoms with E-state index >= 15 is 0 Å². The first-order valence-corrected chi connectivity index (χ1v) is 10.4. The molecule has 0 amide bonds. The number of hydrogen-bond acceptors (Lipinski definition) is 4. The maximum absolute atomic E-state index is 6.45. The van der Waals surface area contributed by atoms with E-state index in [0.29, 0.717) is 11.6 Å². The SMILES string of the molecule is CCN(CC)c1ccc(-c2nc3c(Cl)cccc3n2Cc2ccn(CC)n2)cn1. The van der Waals surface area contributed by atoms with E-state index in [1.807, 2.05) is 41.3 Å². The van der Waals surface area contributed by atoms with Crippen LogP contribution < -0.4 is 4.90 Å². The highest BCUT2D eigenvalue weighted by molar-refractivity contribution is 6.35. The molecule has 0 atom stereocenters. The van der Waals surface area contributed by atoms with Gasteiger partial charge in [-0.05, 0) is 51.1 Å². The molecule has 4 aromatic rings. The number of aromatic nitrogens is 5. The quantitative estimate of drug-likeness (QED) is 0.438. The lowest BCUT2D eigenvalue weighted by molar-refractivity contribution is 0.639. The van der Waals surface area contributed by atoms with Crippen molar-refractivity contribution in [1.82, 2.24) is 24.3 Å². The van der Waals surface area contributed by atoms with Gasteiger partial charge in [0.25, 0.3) is 0 Å². The summed E-state index contributed by atoms with van der Waals surface area (Å²) in [6.07, 6.45) is 3.89. The molecule has 0 saturated heterocycles. The van der Waals surface area contributed by atoms with Crippen molar-refractivity contribution in [2.45, 2.75) is 33.9 Å². The van der Waals surface area contributed by atoms with Gasteiger partial charge >= 0.3 is 0 Å². The van der Waals surface area contributed by atoms with Gasteiger partial charge in [-0.2, -0.15) is 5.10 Å². The molecule has 0 saturated carbocycles. The highest BCUT2D eigenvalue weighted by Gasteiger charge is 2.16. The molecule has 0 aliphatic rings. The highest BCUT2D eigenvalue weighted by atomic mass is 35.5. The number of para-hydroxylation sites is 1. The van der Waals surface area contributed by atoms with Crippen molar-refractivity contribution in [3.8, 4) is 11.4 Å². The number of imidazole rings is 1. The summed E-state index contributed by atoms with van der Waals surface area (Å²) in [5.74, 6) is 1.82. The molecule has 3 aromatic heterocycles. The summed E-state index contributed by atoms with van der Waals surface area (Å²) in [5, 5.41) is 5.29. The molecule has 0 bridgehead atoms. The fraction of sp³-hybridized carbons (Fsp3) is 0.318. The van der Waals surface area contributed by atoms with E-state index in [1.165, 1.54) is 0 Å².